The Hall–Kier alpha value is -3.44. The summed E-state index contributed by atoms with van der Waals surface area (Å²) >= 11 is 0. The molecular formula is C26H28N2O3. The Balaban J connectivity index is 1.66. The van der Waals surface area contributed by atoms with Gasteiger partial charge < -0.3 is 15.4 Å². The second-order valence-electron chi connectivity index (χ2n) is 7.47. The van der Waals surface area contributed by atoms with Crippen LogP contribution in [-0.2, 0) is 17.8 Å². The second-order valence-corrected chi connectivity index (χ2v) is 7.47. The van der Waals surface area contributed by atoms with Crippen LogP contribution >= 0.6 is 0 Å². The molecule has 3 rings (SSSR count). The highest BCUT2D eigenvalue weighted by Crippen LogP contribution is 2.23. The van der Waals surface area contributed by atoms with Crippen LogP contribution in [0.15, 0.2) is 72.8 Å². The van der Waals surface area contributed by atoms with Crippen molar-refractivity contribution in [2.24, 2.45) is 5.73 Å². The Kier molecular flexibility index (Phi) is 7.57. The van der Waals surface area contributed by atoms with Gasteiger partial charge in [-0.3, -0.25) is 9.59 Å². The molecule has 3 aromatic carbocycles. The number of carbonyl (C=O) groups is 2. The smallest absolute Gasteiger partial charge is 0.236 e. The zero-order chi connectivity index (χ0) is 22.2. The van der Waals surface area contributed by atoms with Crippen molar-refractivity contribution in [2.75, 3.05) is 20.7 Å². The molecule has 0 atom stereocenters. The van der Waals surface area contributed by atoms with Crippen molar-refractivity contribution in [3.8, 4) is 16.9 Å². The normalized spacial score (nSPS) is 10.5. The SMILES string of the molecule is COc1ccccc1CCC(=O)c1ccc(-c2cccc(CN(C)C(=O)CN)c2)cc1. The van der Waals surface area contributed by atoms with E-state index in [1.54, 1.807) is 19.1 Å². The summed E-state index contributed by atoms with van der Waals surface area (Å²) in [4.78, 5) is 26.0. The maximum Gasteiger partial charge on any atom is 0.236 e. The summed E-state index contributed by atoms with van der Waals surface area (Å²) < 4.78 is 5.36. The van der Waals surface area contributed by atoms with E-state index in [1.807, 2.05) is 66.7 Å². The van der Waals surface area contributed by atoms with Crippen LogP contribution in [0.5, 0.6) is 5.75 Å². The average molecular weight is 417 g/mol. The minimum Gasteiger partial charge on any atom is -0.496 e. The van der Waals surface area contributed by atoms with Crippen LogP contribution in [0.4, 0.5) is 0 Å². The largest absolute Gasteiger partial charge is 0.496 e. The van der Waals surface area contributed by atoms with E-state index < -0.39 is 0 Å². The molecule has 5 nitrogen and oxygen atoms in total. The maximum absolute atomic E-state index is 12.6. The first-order valence-corrected chi connectivity index (χ1v) is 10.3. The summed E-state index contributed by atoms with van der Waals surface area (Å²) in [5.74, 6) is 0.818. The third kappa shape index (κ3) is 5.80. The highest BCUT2D eigenvalue weighted by Gasteiger charge is 2.10. The van der Waals surface area contributed by atoms with Gasteiger partial charge in [0.1, 0.15) is 5.75 Å². The van der Waals surface area contributed by atoms with E-state index in [4.69, 9.17) is 10.5 Å². The molecule has 0 unspecified atom stereocenters. The Labute approximate surface area is 183 Å². The van der Waals surface area contributed by atoms with E-state index >= 15 is 0 Å². The Morgan fingerprint density at radius 3 is 2.39 bits per heavy atom. The lowest BCUT2D eigenvalue weighted by atomic mass is 9.98. The summed E-state index contributed by atoms with van der Waals surface area (Å²) in [6.07, 6.45) is 1.07. The van der Waals surface area contributed by atoms with Gasteiger partial charge in [-0.05, 0) is 40.8 Å². The fourth-order valence-corrected chi connectivity index (χ4v) is 3.52. The summed E-state index contributed by atoms with van der Waals surface area (Å²) in [5, 5.41) is 0. The molecule has 0 fully saturated rings. The number of carbonyl (C=O) groups excluding carboxylic acids is 2. The van der Waals surface area contributed by atoms with E-state index in [-0.39, 0.29) is 18.2 Å². The number of hydrogen-bond donors (Lipinski definition) is 1. The Bertz CT molecular complexity index is 1040. The van der Waals surface area contributed by atoms with Crippen LogP contribution in [0.2, 0.25) is 0 Å². The number of rotatable bonds is 9. The van der Waals surface area contributed by atoms with Crippen LogP contribution in [0.25, 0.3) is 11.1 Å². The molecule has 0 spiro atoms. The lowest BCUT2D eigenvalue weighted by molar-refractivity contribution is -0.128. The summed E-state index contributed by atoms with van der Waals surface area (Å²) in [6, 6.07) is 23.5. The molecule has 1 amide bonds. The zero-order valence-electron chi connectivity index (χ0n) is 18.0. The van der Waals surface area contributed by atoms with E-state index in [0.29, 0.717) is 24.9 Å². The summed E-state index contributed by atoms with van der Waals surface area (Å²) in [7, 11) is 3.38. The van der Waals surface area contributed by atoms with Gasteiger partial charge in [-0.1, -0.05) is 60.7 Å². The molecule has 0 saturated heterocycles. The Morgan fingerprint density at radius 1 is 0.935 bits per heavy atom. The predicted molar refractivity (Wildman–Crippen MR) is 123 cm³/mol. The Morgan fingerprint density at radius 2 is 1.68 bits per heavy atom. The molecule has 3 aromatic rings. The lowest BCUT2D eigenvalue weighted by Gasteiger charge is -2.16. The molecule has 31 heavy (non-hydrogen) atoms. The number of amides is 1. The van der Waals surface area contributed by atoms with Crippen molar-refractivity contribution >= 4 is 11.7 Å². The van der Waals surface area contributed by atoms with E-state index in [9.17, 15) is 9.59 Å². The van der Waals surface area contributed by atoms with Crippen LogP contribution < -0.4 is 10.5 Å². The van der Waals surface area contributed by atoms with Gasteiger partial charge in [-0.15, -0.1) is 0 Å². The van der Waals surface area contributed by atoms with Gasteiger partial charge in [0.25, 0.3) is 0 Å². The first kappa shape index (κ1) is 22.2. The van der Waals surface area contributed by atoms with Crippen molar-refractivity contribution in [3.05, 3.63) is 89.5 Å². The molecule has 0 bridgehead atoms. The number of ether oxygens (including phenoxy) is 1. The standard InChI is InChI=1S/C26H28N2O3/c1-28(26(30)17-27)18-19-6-5-8-23(16-19)20-10-12-21(13-11-20)24(29)15-14-22-7-3-4-9-25(22)31-2/h3-13,16H,14-15,17-18,27H2,1-2H3. The topological polar surface area (TPSA) is 72.6 Å². The van der Waals surface area contributed by atoms with Crippen LogP contribution in [0, 0.1) is 0 Å². The fraction of sp³-hybridized carbons (Fsp3) is 0.231. The lowest BCUT2D eigenvalue weighted by Crippen LogP contribution is -2.32. The number of likely N-dealkylation sites (N-methyl/N-ethyl adjacent to an activating group) is 1. The molecule has 0 aromatic heterocycles. The van der Waals surface area contributed by atoms with Gasteiger partial charge in [0.15, 0.2) is 5.78 Å². The predicted octanol–water partition coefficient (Wildman–Crippen LogP) is 4.09. The van der Waals surface area contributed by atoms with Gasteiger partial charge in [0.05, 0.1) is 13.7 Å². The van der Waals surface area contributed by atoms with Gasteiger partial charge in [0.2, 0.25) is 5.91 Å². The zero-order valence-corrected chi connectivity index (χ0v) is 18.0. The van der Waals surface area contributed by atoms with E-state index in [1.165, 1.54) is 0 Å². The summed E-state index contributed by atoms with van der Waals surface area (Å²) in [5.41, 5.74) is 10.3. The van der Waals surface area contributed by atoms with Crippen molar-refractivity contribution in [1.29, 1.82) is 0 Å². The number of nitrogens with two attached hydrogens (primary N) is 1. The number of benzene rings is 3. The van der Waals surface area contributed by atoms with E-state index in [0.717, 1.165) is 28.0 Å². The number of Topliss-reactive ketones (excluding diaryl/α,β-unsaturated/α-hetero) is 1. The third-order valence-corrected chi connectivity index (χ3v) is 5.30. The number of aryl methyl sites for hydroxylation is 1. The molecule has 0 saturated carbocycles. The summed E-state index contributed by atoms with van der Waals surface area (Å²) in [6.45, 7) is 0.506. The van der Waals surface area contributed by atoms with Crippen molar-refractivity contribution < 1.29 is 14.3 Å². The monoisotopic (exact) mass is 416 g/mol. The highest BCUT2D eigenvalue weighted by molar-refractivity contribution is 5.96. The van der Waals surface area contributed by atoms with Crippen LogP contribution in [0.1, 0.15) is 27.9 Å². The first-order chi connectivity index (χ1) is 15.0. The van der Waals surface area contributed by atoms with Gasteiger partial charge in [0, 0.05) is 25.6 Å². The average Bonchev–Trinajstić information content (AvgIpc) is 2.82. The van der Waals surface area contributed by atoms with Crippen LogP contribution in [-0.4, -0.2) is 37.3 Å². The minimum atomic E-state index is -0.0959. The second kappa shape index (κ2) is 10.5. The third-order valence-electron chi connectivity index (χ3n) is 5.30. The van der Waals surface area contributed by atoms with Gasteiger partial charge in [-0.2, -0.15) is 0 Å². The highest BCUT2D eigenvalue weighted by atomic mass is 16.5. The minimum absolute atomic E-state index is 0.00271. The molecule has 5 heteroatoms. The molecule has 0 aliphatic heterocycles. The molecule has 0 aliphatic carbocycles. The molecule has 2 N–H and O–H groups in total. The van der Waals surface area contributed by atoms with Crippen molar-refractivity contribution in [1.82, 2.24) is 4.90 Å². The number of hydrogen-bond acceptors (Lipinski definition) is 4. The first-order valence-electron chi connectivity index (χ1n) is 10.3. The number of para-hydroxylation sites is 1. The molecular weight excluding hydrogens is 388 g/mol. The number of nitrogens with zero attached hydrogens (tertiary/aromatic N) is 1. The maximum atomic E-state index is 12.6. The molecule has 160 valence electrons. The fourth-order valence-electron chi connectivity index (χ4n) is 3.52. The molecule has 0 radical (unpaired) electrons. The van der Waals surface area contributed by atoms with Crippen molar-refractivity contribution in [3.63, 3.8) is 0 Å². The molecule has 0 aliphatic rings. The van der Waals surface area contributed by atoms with Crippen molar-refractivity contribution in [2.45, 2.75) is 19.4 Å². The number of ketones is 1. The van der Waals surface area contributed by atoms with E-state index in [2.05, 4.69) is 6.07 Å². The van der Waals surface area contributed by atoms with Crippen LogP contribution in [0.3, 0.4) is 0 Å². The quantitative estimate of drug-likeness (QED) is 0.533. The number of methoxy groups -OCH3 is 1. The van der Waals surface area contributed by atoms with Gasteiger partial charge in [-0.25, -0.2) is 0 Å². The van der Waals surface area contributed by atoms with Gasteiger partial charge >= 0.3 is 0 Å². The molecule has 0 heterocycles.